The fraction of sp³-hybridized carbons (Fsp3) is 1.00. The summed E-state index contributed by atoms with van der Waals surface area (Å²) >= 11 is 5.83. The predicted molar refractivity (Wildman–Crippen MR) is 48.1 cm³/mol. The van der Waals surface area contributed by atoms with E-state index in [-0.39, 0.29) is 0 Å². The Bertz CT molecular complexity index is 104. The van der Waals surface area contributed by atoms with Crippen molar-refractivity contribution in [1.82, 2.24) is 0 Å². The van der Waals surface area contributed by atoms with E-state index in [1.165, 1.54) is 25.7 Å². The molecule has 2 heteroatoms. The lowest BCUT2D eigenvalue weighted by Gasteiger charge is -2.30. The van der Waals surface area contributed by atoms with Gasteiger partial charge in [-0.2, -0.15) is 0 Å². The molecule has 11 heavy (non-hydrogen) atoms. The minimum absolute atomic E-state index is 0.450. The number of halogens is 1. The van der Waals surface area contributed by atoms with Gasteiger partial charge in [0.25, 0.3) is 0 Å². The molecule has 1 heterocycles. The molecular formula is C9H17ClO. The van der Waals surface area contributed by atoms with E-state index in [1.54, 1.807) is 0 Å². The van der Waals surface area contributed by atoms with Gasteiger partial charge in [-0.25, -0.2) is 0 Å². The summed E-state index contributed by atoms with van der Waals surface area (Å²) in [6, 6.07) is 0. The highest BCUT2D eigenvalue weighted by Crippen LogP contribution is 2.24. The highest BCUT2D eigenvalue weighted by molar-refractivity contribution is 6.18. The molecule has 0 radical (unpaired) electrons. The number of rotatable bonds is 3. The lowest BCUT2D eigenvalue weighted by molar-refractivity contribution is -0.0237. The summed E-state index contributed by atoms with van der Waals surface area (Å²) in [6.07, 6.45) is 5.28. The summed E-state index contributed by atoms with van der Waals surface area (Å²) in [5.74, 6) is 1.38. The van der Waals surface area contributed by atoms with E-state index in [0.717, 1.165) is 12.5 Å². The predicted octanol–water partition coefficient (Wildman–Crippen LogP) is 2.82. The highest BCUT2D eigenvalue weighted by Gasteiger charge is 2.23. The van der Waals surface area contributed by atoms with E-state index in [1.807, 2.05) is 0 Å². The molecule has 0 saturated carbocycles. The summed E-state index contributed by atoms with van der Waals surface area (Å²) < 4.78 is 5.64. The van der Waals surface area contributed by atoms with Crippen molar-refractivity contribution in [2.45, 2.75) is 38.7 Å². The SMILES string of the molecule is CCCC1OCCCC1CCl. The topological polar surface area (TPSA) is 9.23 Å². The van der Waals surface area contributed by atoms with Crippen LogP contribution in [0.5, 0.6) is 0 Å². The molecule has 1 rings (SSSR count). The Morgan fingerprint density at radius 2 is 2.36 bits per heavy atom. The van der Waals surface area contributed by atoms with Crippen LogP contribution in [0.4, 0.5) is 0 Å². The zero-order valence-corrected chi connectivity index (χ0v) is 7.94. The van der Waals surface area contributed by atoms with Gasteiger partial charge in [-0.1, -0.05) is 13.3 Å². The molecule has 2 atom stereocenters. The van der Waals surface area contributed by atoms with E-state index < -0.39 is 0 Å². The lowest BCUT2D eigenvalue weighted by atomic mass is 9.93. The van der Waals surface area contributed by atoms with Crippen LogP contribution in [0.2, 0.25) is 0 Å². The summed E-state index contributed by atoms with van der Waals surface area (Å²) in [6.45, 7) is 3.14. The molecule has 0 N–H and O–H groups in total. The van der Waals surface area contributed by atoms with Gasteiger partial charge >= 0.3 is 0 Å². The lowest BCUT2D eigenvalue weighted by Crippen LogP contribution is -2.30. The van der Waals surface area contributed by atoms with Gasteiger partial charge in [0, 0.05) is 12.5 Å². The fourth-order valence-corrected chi connectivity index (χ4v) is 2.04. The number of ether oxygens (including phenoxy) is 1. The van der Waals surface area contributed by atoms with Crippen molar-refractivity contribution in [3.05, 3.63) is 0 Å². The van der Waals surface area contributed by atoms with Gasteiger partial charge in [-0.3, -0.25) is 0 Å². The Morgan fingerprint density at radius 1 is 1.55 bits per heavy atom. The third-order valence-corrected chi connectivity index (χ3v) is 2.74. The summed E-state index contributed by atoms with van der Waals surface area (Å²) in [7, 11) is 0. The largest absolute Gasteiger partial charge is 0.378 e. The number of hydrogen-bond donors (Lipinski definition) is 0. The normalized spacial score (nSPS) is 32.2. The fourth-order valence-electron chi connectivity index (χ4n) is 1.68. The van der Waals surface area contributed by atoms with Crippen LogP contribution in [0.15, 0.2) is 0 Å². The average molecular weight is 177 g/mol. The minimum atomic E-state index is 0.450. The maximum absolute atomic E-state index is 5.83. The quantitative estimate of drug-likeness (QED) is 0.601. The number of hydrogen-bond acceptors (Lipinski definition) is 1. The second-order valence-corrected chi connectivity index (χ2v) is 3.56. The van der Waals surface area contributed by atoms with Gasteiger partial charge in [0.2, 0.25) is 0 Å². The molecule has 0 aromatic carbocycles. The molecule has 66 valence electrons. The zero-order valence-electron chi connectivity index (χ0n) is 7.18. The Kier molecular flexibility index (Phi) is 4.24. The molecule has 1 fully saturated rings. The minimum Gasteiger partial charge on any atom is -0.378 e. The summed E-state index contributed by atoms with van der Waals surface area (Å²) in [5.41, 5.74) is 0. The second-order valence-electron chi connectivity index (χ2n) is 3.25. The molecule has 1 aliphatic heterocycles. The third kappa shape index (κ3) is 2.64. The van der Waals surface area contributed by atoms with Gasteiger partial charge in [0.05, 0.1) is 6.10 Å². The molecular weight excluding hydrogens is 160 g/mol. The Hall–Kier alpha value is 0.250. The van der Waals surface area contributed by atoms with Crippen LogP contribution in [-0.2, 0) is 4.74 Å². The summed E-state index contributed by atoms with van der Waals surface area (Å²) in [4.78, 5) is 0. The standard InChI is InChI=1S/C9H17ClO/c1-2-4-9-8(7-10)5-3-6-11-9/h8-9H,2-7H2,1H3. The average Bonchev–Trinajstić information content (AvgIpc) is 2.06. The Labute approximate surface area is 74.1 Å². The maximum atomic E-state index is 5.83. The van der Waals surface area contributed by atoms with Gasteiger partial charge in [0.15, 0.2) is 0 Å². The molecule has 0 aliphatic carbocycles. The first-order valence-corrected chi connectivity index (χ1v) is 5.09. The van der Waals surface area contributed by atoms with Gasteiger partial charge < -0.3 is 4.74 Å². The Morgan fingerprint density at radius 3 is 3.00 bits per heavy atom. The van der Waals surface area contributed by atoms with Crippen LogP contribution in [0.25, 0.3) is 0 Å². The van der Waals surface area contributed by atoms with Crippen LogP contribution < -0.4 is 0 Å². The van der Waals surface area contributed by atoms with Gasteiger partial charge in [-0.05, 0) is 25.2 Å². The van der Waals surface area contributed by atoms with E-state index in [0.29, 0.717) is 12.0 Å². The van der Waals surface area contributed by atoms with E-state index >= 15 is 0 Å². The molecule has 0 bridgehead atoms. The van der Waals surface area contributed by atoms with E-state index in [4.69, 9.17) is 16.3 Å². The maximum Gasteiger partial charge on any atom is 0.0614 e. The monoisotopic (exact) mass is 176 g/mol. The van der Waals surface area contributed by atoms with Crippen LogP contribution in [-0.4, -0.2) is 18.6 Å². The molecule has 0 amide bonds. The van der Waals surface area contributed by atoms with Crippen molar-refractivity contribution in [2.75, 3.05) is 12.5 Å². The van der Waals surface area contributed by atoms with Crippen molar-refractivity contribution in [1.29, 1.82) is 0 Å². The van der Waals surface area contributed by atoms with Crippen molar-refractivity contribution < 1.29 is 4.74 Å². The molecule has 1 saturated heterocycles. The van der Waals surface area contributed by atoms with Crippen molar-refractivity contribution >= 4 is 11.6 Å². The van der Waals surface area contributed by atoms with Crippen molar-refractivity contribution in [2.24, 2.45) is 5.92 Å². The van der Waals surface area contributed by atoms with Crippen molar-refractivity contribution in [3.63, 3.8) is 0 Å². The molecule has 2 unspecified atom stereocenters. The van der Waals surface area contributed by atoms with E-state index in [2.05, 4.69) is 6.92 Å². The second kappa shape index (κ2) is 5.00. The van der Waals surface area contributed by atoms with Gasteiger partial charge in [-0.15, -0.1) is 11.6 Å². The Balaban J connectivity index is 2.31. The summed E-state index contributed by atoms with van der Waals surface area (Å²) in [5, 5.41) is 0. The molecule has 0 aromatic heterocycles. The first-order chi connectivity index (χ1) is 5.38. The molecule has 0 aromatic rings. The molecule has 1 aliphatic rings. The van der Waals surface area contributed by atoms with E-state index in [9.17, 15) is 0 Å². The van der Waals surface area contributed by atoms with Crippen LogP contribution >= 0.6 is 11.6 Å². The van der Waals surface area contributed by atoms with Gasteiger partial charge in [0.1, 0.15) is 0 Å². The highest BCUT2D eigenvalue weighted by atomic mass is 35.5. The van der Waals surface area contributed by atoms with Crippen LogP contribution in [0, 0.1) is 5.92 Å². The zero-order chi connectivity index (χ0) is 8.10. The molecule has 0 spiro atoms. The van der Waals surface area contributed by atoms with Crippen LogP contribution in [0.3, 0.4) is 0 Å². The molecule has 1 nitrogen and oxygen atoms in total. The number of alkyl halides is 1. The van der Waals surface area contributed by atoms with Crippen LogP contribution in [0.1, 0.15) is 32.6 Å². The smallest absolute Gasteiger partial charge is 0.0614 e. The first-order valence-electron chi connectivity index (χ1n) is 4.56. The third-order valence-electron chi connectivity index (χ3n) is 2.35. The van der Waals surface area contributed by atoms with Crippen molar-refractivity contribution in [3.8, 4) is 0 Å². The first kappa shape index (κ1) is 9.34.